The normalized spacial score (nSPS) is 10.8. The number of hydrogen-bond donors (Lipinski definition) is 1. The van der Waals surface area contributed by atoms with Crippen molar-refractivity contribution in [3.63, 3.8) is 0 Å². The van der Waals surface area contributed by atoms with Crippen LogP contribution in [0.4, 0.5) is 4.39 Å². The molecule has 0 atom stereocenters. The molecule has 3 rings (SSSR count). The van der Waals surface area contributed by atoms with E-state index in [1.807, 2.05) is 0 Å². The summed E-state index contributed by atoms with van der Waals surface area (Å²) in [5, 5.41) is 10.3. The lowest BCUT2D eigenvalue weighted by atomic mass is 10.1. The molecule has 0 amide bonds. The van der Waals surface area contributed by atoms with E-state index in [4.69, 9.17) is 9.47 Å². The summed E-state index contributed by atoms with van der Waals surface area (Å²) in [4.78, 5) is 29.0. The fourth-order valence-corrected chi connectivity index (χ4v) is 2.74. The quantitative estimate of drug-likeness (QED) is 0.692. The van der Waals surface area contributed by atoms with E-state index in [1.165, 1.54) is 11.7 Å². The van der Waals surface area contributed by atoms with Crippen LogP contribution in [0.3, 0.4) is 0 Å². The van der Waals surface area contributed by atoms with Gasteiger partial charge in [-0.2, -0.15) is 0 Å². The SMILES string of the molecule is CCOC(=O)c1c(O)c2cc(F)cnc2n(Cc2ccc(OC)cc2)c1=O. The number of ether oxygens (including phenoxy) is 2. The Kier molecular flexibility index (Phi) is 5.07. The maximum Gasteiger partial charge on any atom is 0.347 e. The van der Waals surface area contributed by atoms with E-state index >= 15 is 0 Å². The zero-order valence-corrected chi connectivity index (χ0v) is 14.7. The third-order valence-electron chi connectivity index (χ3n) is 4.02. The van der Waals surface area contributed by atoms with Crippen molar-refractivity contribution in [1.29, 1.82) is 0 Å². The van der Waals surface area contributed by atoms with Crippen LogP contribution in [0.1, 0.15) is 22.8 Å². The molecule has 3 aromatic rings. The Labute approximate surface area is 153 Å². The van der Waals surface area contributed by atoms with Crippen molar-refractivity contribution in [2.75, 3.05) is 13.7 Å². The topological polar surface area (TPSA) is 90.7 Å². The highest BCUT2D eigenvalue weighted by Gasteiger charge is 2.24. The number of pyridine rings is 2. The summed E-state index contributed by atoms with van der Waals surface area (Å²) in [6.45, 7) is 1.66. The van der Waals surface area contributed by atoms with Gasteiger partial charge in [0.15, 0.2) is 5.56 Å². The Morgan fingerprint density at radius 3 is 2.63 bits per heavy atom. The van der Waals surface area contributed by atoms with E-state index in [-0.39, 0.29) is 24.2 Å². The number of nitrogens with zero attached hydrogens (tertiary/aromatic N) is 2. The highest BCUT2D eigenvalue weighted by atomic mass is 19.1. The fraction of sp³-hybridized carbons (Fsp3) is 0.211. The molecule has 1 aromatic carbocycles. The number of esters is 1. The summed E-state index contributed by atoms with van der Waals surface area (Å²) in [6, 6.07) is 7.96. The van der Waals surface area contributed by atoms with Gasteiger partial charge in [-0.05, 0) is 30.7 Å². The van der Waals surface area contributed by atoms with Crippen molar-refractivity contribution in [2.24, 2.45) is 0 Å². The number of rotatable bonds is 5. The van der Waals surface area contributed by atoms with Crippen molar-refractivity contribution < 1.29 is 23.8 Å². The monoisotopic (exact) mass is 372 g/mol. The molecule has 0 bridgehead atoms. The second kappa shape index (κ2) is 7.45. The van der Waals surface area contributed by atoms with Crippen LogP contribution in [0.25, 0.3) is 11.0 Å². The van der Waals surface area contributed by atoms with Crippen molar-refractivity contribution in [2.45, 2.75) is 13.5 Å². The number of halogens is 1. The second-order valence-corrected chi connectivity index (χ2v) is 5.71. The molecule has 2 aromatic heterocycles. The van der Waals surface area contributed by atoms with Gasteiger partial charge in [0, 0.05) is 0 Å². The summed E-state index contributed by atoms with van der Waals surface area (Å²) < 4.78 is 24.8. The summed E-state index contributed by atoms with van der Waals surface area (Å²) in [7, 11) is 1.54. The molecule has 7 nitrogen and oxygen atoms in total. The molecular formula is C19H17FN2O5. The van der Waals surface area contributed by atoms with E-state index in [0.717, 1.165) is 17.8 Å². The fourth-order valence-electron chi connectivity index (χ4n) is 2.74. The molecule has 2 heterocycles. The standard InChI is InChI=1S/C19H17FN2O5/c1-3-27-19(25)15-16(23)14-8-12(20)9-21-17(14)22(18(15)24)10-11-4-6-13(26-2)7-5-11/h4-9,23H,3,10H2,1-2H3. The van der Waals surface area contributed by atoms with Gasteiger partial charge in [0.1, 0.15) is 23.0 Å². The Hall–Kier alpha value is -3.42. The van der Waals surface area contributed by atoms with E-state index < -0.39 is 28.7 Å². The van der Waals surface area contributed by atoms with Crippen LogP contribution in [0, 0.1) is 5.82 Å². The van der Waals surface area contributed by atoms with Gasteiger partial charge in [0.25, 0.3) is 5.56 Å². The molecule has 0 radical (unpaired) electrons. The van der Waals surface area contributed by atoms with Crippen LogP contribution in [0.2, 0.25) is 0 Å². The van der Waals surface area contributed by atoms with Gasteiger partial charge < -0.3 is 14.6 Å². The van der Waals surface area contributed by atoms with Crippen LogP contribution in [0.5, 0.6) is 11.5 Å². The predicted molar refractivity (Wildman–Crippen MR) is 95.7 cm³/mol. The third kappa shape index (κ3) is 3.46. The molecule has 0 fully saturated rings. The number of fused-ring (bicyclic) bond motifs is 1. The van der Waals surface area contributed by atoms with Crippen LogP contribution in [0.15, 0.2) is 41.3 Å². The van der Waals surface area contributed by atoms with Crippen molar-refractivity contribution in [3.8, 4) is 11.5 Å². The van der Waals surface area contributed by atoms with Crippen LogP contribution >= 0.6 is 0 Å². The molecule has 0 spiro atoms. The summed E-state index contributed by atoms with van der Waals surface area (Å²) in [5.41, 5.74) is -0.535. The molecule has 0 aliphatic heterocycles. The van der Waals surface area contributed by atoms with Gasteiger partial charge in [-0.3, -0.25) is 9.36 Å². The van der Waals surface area contributed by atoms with Gasteiger partial charge in [0.2, 0.25) is 0 Å². The van der Waals surface area contributed by atoms with Gasteiger partial charge in [-0.25, -0.2) is 14.2 Å². The molecule has 0 aliphatic carbocycles. The van der Waals surface area contributed by atoms with E-state index in [2.05, 4.69) is 4.98 Å². The van der Waals surface area contributed by atoms with E-state index in [1.54, 1.807) is 31.2 Å². The van der Waals surface area contributed by atoms with Crippen molar-refractivity contribution in [1.82, 2.24) is 9.55 Å². The first kappa shape index (κ1) is 18.4. The van der Waals surface area contributed by atoms with Crippen molar-refractivity contribution >= 4 is 17.0 Å². The maximum absolute atomic E-state index is 13.6. The highest BCUT2D eigenvalue weighted by Crippen LogP contribution is 2.27. The van der Waals surface area contributed by atoms with E-state index in [0.29, 0.717) is 5.75 Å². The lowest BCUT2D eigenvalue weighted by molar-refractivity contribution is 0.0520. The van der Waals surface area contributed by atoms with E-state index in [9.17, 15) is 19.1 Å². The number of carbonyl (C=O) groups is 1. The molecule has 27 heavy (non-hydrogen) atoms. The van der Waals surface area contributed by atoms with Crippen LogP contribution in [-0.4, -0.2) is 34.3 Å². The summed E-state index contributed by atoms with van der Waals surface area (Å²) in [6.07, 6.45) is 0.940. The van der Waals surface area contributed by atoms with Gasteiger partial charge >= 0.3 is 5.97 Å². The Balaban J connectivity index is 2.22. The molecule has 0 unspecified atom stereocenters. The number of carbonyl (C=O) groups excluding carboxylic acids is 1. The molecule has 0 saturated carbocycles. The first-order chi connectivity index (χ1) is 13.0. The smallest absolute Gasteiger partial charge is 0.347 e. The average molecular weight is 372 g/mol. The summed E-state index contributed by atoms with van der Waals surface area (Å²) in [5.74, 6) is -1.68. The van der Waals surface area contributed by atoms with Gasteiger partial charge in [-0.1, -0.05) is 12.1 Å². The van der Waals surface area contributed by atoms with Crippen LogP contribution < -0.4 is 10.3 Å². The largest absolute Gasteiger partial charge is 0.506 e. The van der Waals surface area contributed by atoms with Crippen molar-refractivity contribution in [3.05, 3.63) is 63.8 Å². The molecule has 1 N–H and O–H groups in total. The molecule has 8 heteroatoms. The zero-order valence-electron chi connectivity index (χ0n) is 14.7. The summed E-state index contributed by atoms with van der Waals surface area (Å²) >= 11 is 0. The molecule has 0 aliphatic rings. The minimum atomic E-state index is -0.977. The van der Waals surface area contributed by atoms with Crippen LogP contribution in [-0.2, 0) is 11.3 Å². The Morgan fingerprint density at radius 2 is 2.00 bits per heavy atom. The lowest BCUT2D eigenvalue weighted by Gasteiger charge is -2.14. The first-order valence-electron chi connectivity index (χ1n) is 8.17. The molecule has 0 saturated heterocycles. The number of benzene rings is 1. The zero-order chi connectivity index (χ0) is 19.6. The number of aromatic hydroxyl groups is 1. The molecule has 140 valence electrons. The minimum Gasteiger partial charge on any atom is -0.506 e. The number of aromatic nitrogens is 2. The minimum absolute atomic E-state index is 0.0234. The average Bonchev–Trinajstić information content (AvgIpc) is 2.66. The number of hydrogen-bond acceptors (Lipinski definition) is 6. The van der Waals surface area contributed by atoms with Gasteiger partial charge in [-0.15, -0.1) is 0 Å². The second-order valence-electron chi connectivity index (χ2n) is 5.71. The predicted octanol–water partition coefficient (Wildman–Crippen LogP) is 2.47. The maximum atomic E-state index is 13.6. The van der Waals surface area contributed by atoms with Gasteiger partial charge in [0.05, 0.1) is 31.8 Å². The Bertz CT molecular complexity index is 1060. The number of methoxy groups -OCH3 is 1. The third-order valence-corrected chi connectivity index (χ3v) is 4.02. The lowest BCUT2D eigenvalue weighted by Crippen LogP contribution is -2.29. The Morgan fingerprint density at radius 1 is 1.30 bits per heavy atom. The highest BCUT2D eigenvalue weighted by molar-refractivity contribution is 5.98. The first-order valence-corrected chi connectivity index (χ1v) is 8.17. The molecular weight excluding hydrogens is 355 g/mol.